The summed E-state index contributed by atoms with van der Waals surface area (Å²) in [4.78, 5) is 17.9. The average molecular weight is 454 g/mol. The second-order valence-corrected chi connectivity index (χ2v) is 6.46. The van der Waals surface area contributed by atoms with Gasteiger partial charge < -0.3 is 20.3 Å². The Morgan fingerprint density at radius 3 is 2.38 bits per heavy atom. The molecule has 0 rings (SSSR count). The molecule has 0 heterocycles. The fourth-order valence-corrected chi connectivity index (χ4v) is 1.96. The highest BCUT2D eigenvalue weighted by Crippen LogP contribution is 2.06. The van der Waals surface area contributed by atoms with Crippen LogP contribution < -0.4 is 10.6 Å². The molecule has 0 unspecified atom stereocenters. The molecule has 0 aliphatic carbocycles. The van der Waals surface area contributed by atoms with E-state index in [1.54, 1.807) is 7.05 Å². The van der Waals surface area contributed by atoms with Gasteiger partial charge in [-0.25, -0.2) is 4.79 Å². The Labute approximate surface area is 164 Å². The molecule has 0 aromatic carbocycles. The number of hydrogen-bond donors (Lipinski definition) is 2. The molecule has 2 N–H and O–H groups in total. The van der Waals surface area contributed by atoms with Crippen molar-refractivity contribution in [3.8, 4) is 0 Å². The van der Waals surface area contributed by atoms with Crippen molar-refractivity contribution in [2.45, 2.75) is 52.1 Å². The second-order valence-electron chi connectivity index (χ2n) is 6.46. The normalized spacial score (nSPS) is 11.3. The van der Waals surface area contributed by atoms with Crippen LogP contribution in [0, 0.1) is 0 Å². The van der Waals surface area contributed by atoms with Gasteiger partial charge in [-0.1, -0.05) is 12.5 Å². The van der Waals surface area contributed by atoms with Crippen LogP contribution in [0.4, 0.5) is 4.79 Å². The second kappa shape index (κ2) is 14.4. The Kier molecular flexibility index (Phi) is 15.1. The highest BCUT2D eigenvalue weighted by atomic mass is 127. The number of unbranched alkanes of at least 4 members (excludes halogenated alkanes) is 3. The van der Waals surface area contributed by atoms with Gasteiger partial charge in [0.25, 0.3) is 0 Å². The third-order valence-corrected chi connectivity index (χ3v) is 3.05. The van der Waals surface area contributed by atoms with E-state index in [1.807, 2.05) is 33.9 Å². The van der Waals surface area contributed by atoms with Gasteiger partial charge in [-0.05, 0) is 40.0 Å². The van der Waals surface area contributed by atoms with E-state index in [1.165, 1.54) is 12.8 Å². The van der Waals surface area contributed by atoms with Crippen LogP contribution in [0.3, 0.4) is 0 Å². The van der Waals surface area contributed by atoms with Gasteiger partial charge in [0.2, 0.25) is 0 Å². The molecule has 0 radical (unpaired) electrons. The van der Waals surface area contributed by atoms with Gasteiger partial charge >= 0.3 is 6.09 Å². The molecule has 0 aromatic rings. The molecule has 0 fully saturated rings. The van der Waals surface area contributed by atoms with Gasteiger partial charge in [-0.3, -0.25) is 4.99 Å². The van der Waals surface area contributed by atoms with E-state index in [0.29, 0.717) is 13.1 Å². The molecule has 0 aliphatic rings. The molecule has 7 heteroatoms. The molecule has 0 saturated heterocycles. The Morgan fingerprint density at radius 1 is 1.21 bits per heavy atom. The van der Waals surface area contributed by atoms with Crippen molar-refractivity contribution >= 4 is 36.0 Å². The van der Waals surface area contributed by atoms with Crippen molar-refractivity contribution in [1.29, 1.82) is 0 Å². The van der Waals surface area contributed by atoms with Crippen molar-refractivity contribution in [1.82, 2.24) is 15.5 Å². The summed E-state index contributed by atoms with van der Waals surface area (Å²) in [6.45, 7) is 11.3. The van der Waals surface area contributed by atoms with Crippen LogP contribution in [-0.4, -0.2) is 56.3 Å². The third-order valence-electron chi connectivity index (χ3n) is 3.05. The lowest BCUT2D eigenvalue weighted by Crippen LogP contribution is -2.43. The monoisotopic (exact) mass is 454 g/mol. The first kappa shape index (κ1) is 25.3. The van der Waals surface area contributed by atoms with Crippen LogP contribution in [0.25, 0.3) is 0 Å². The van der Waals surface area contributed by atoms with Gasteiger partial charge in [0, 0.05) is 33.7 Å². The quantitative estimate of drug-likeness (QED) is 0.184. The van der Waals surface area contributed by atoms with Crippen LogP contribution in [0.2, 0.25) is 0 Å². The predicted octanol–water partition coefficient (Wildman–Crippen LogP) is 3.38. The van der Waals surface area contributed by atoms with Crippen LogP contribution in [-0.2, 0) is 4.74 Å². The molecule has 0 bridgehead atoms. The highest BCUT2D eigenvalue weighted by molar-refractivity contribution is 14.0. The highest BCUT2D eigenvalue weighted by Gasteiger charge is 2.15. The van der Waals surface area contributed by atoms with Crippen LogP contribution >= 0.6 is 24.0 Å². The number of nitrogens with zero attached hydrogens (tertiary/aromatic N) is 2. The Bertz CT molecular complexity index is 381. The van der Waals surface area contributed by atoms with E-state index < -0.39 is 11.7 Å². The Hall–Kier alpha value is -0.990. The lowest BCUT2D eigenvalue weighted by Gasteiger charge is -2.22. The number of allylic oxidation sites excluding steroid dienone is 1. The maximum atomic E-state index is 11.5. The fourth-order valence-electron chi connectivity index (χ4n) is 1.96. The summed E-state index contributed by atoms with van der Waals surface area (Å²) in [6.07, 6.45) is 6.14. The zero-order chi connectivity index (χ0) is 17.7. The smallest absolute Gasteiger partial charge is 0.407 e. The van der Waals surface area contributed by atoms with Crippen LogP contribution in [0.15, 0.2) is 17.6 Å². The van der Waals surface area contributed by atoms with Gasteiger partial charge in [-0.2, -0.15) is 0 Å². The van der Waals surface area contributed by atoms with Crippen LogP contribution in [0.5, 0.6) is 0 Å². The SMILES string of the molecule is C=CCCCCCN(C)C(=NC)NCCNC(=O)OC(C)(C)C.I. The summed E-state index contributed by atoms with van der Waals surface area (Å²) in [7, 11) is 3.78. The first-order chi connectivity index (χ1) is 10.8. The minimum absolute atomic E-state index is 0. The number of amides is 1. The molecule has 0 atom stereocenters. The summed E-state index contributed by atoms with van der Waals surface area (Å²) in [5, 5.41) is 5.95. The van der Waals surface area contributed by atoms with Crippen molar-refractivity contribution < 1.29 is 9.53 Å². The van der Waals surface area contributed by atoms with E-state index in [0.717, 1.165) is 25.3 Å². The summed E-state index contributed by atoms with van der Waals surface area (Å²) < 4.78 is 5.18. The first-order valence-electron chi connectivity index (χ1n) is 8.29. The molecule has 24 heavy (non-hydrogen) atoms. The molecular formula is C17H35IN4O2. The van der Waals surface area contributed by atoms with E-state index in [2.05, 4.69) is 27.1 Å². The number of nitrogens with one attached hydrogen (secondary N) is 2. The summed E-state index contributed by atoms with van der Waals surface area (Å²) in [5.74, 6) is 0.833. The van der Waals surface area contributed by atoms with Crippen LogP contribution in [0.1, 0.15) is 46.5 Å². The topological polar surface area (TPSA) is 66.0 Å². The predicted molar refractivity (Wildman–Crippen MR) is 112 cm³/mol. The standard InChI is InChI=1S/C17H34N4O2.HI/c1-7-8-9-10-11-14-21(6)15(18-5)19-12-13-20-16(22)23-17(2,3)4;/h7H,1,8-14H2,2-6H3,(H,18,19)(H,20,22);1H. The zero-order valence-electron chi connectivity index (χ0n) is 15.9. The van der Waals surface area contributed by atoms with Crippen molar-refractivity contribution in [2.75, 3.05) is 33.7 Å². The van der Waals surface area contributed by atoms with Gasteiger partial charge in [0.15, 0.2) is 5.96 Å². The summed E-state index contributed by atoms with van der Waals surface area (Å²) >= 11 is 0. The maximum absolute atomic E-state index is 11.5. The minimum Gasteiger partial charge on any atom is -0.444 e. The van der Waals surface area contributed by atoms with Crippen molar-refractivity contribution in [3.63, 3.8) is 0 Å². The van der Waals surface area contributed by atoms with E-state index in [-0.39, 0.29) is 24.0 Å². The van der Waals surface area contributed by atoms with Crippen molar-refractivity contribution in [2.24, 2.45) is 4.99 Å². The molecule has 0 aliphatic heterocycles. The lowest BCUT2D eigenvalue weighted by atomic mass is 10.2. The summed E-state index contributed by atoms with van der Waals surface area (Å²) in [5.41, 5.74) is -0.473. The number of carbonyl (C=O) groups excluding carboxylic acids is 1. The molecule has 6 nitrogen and oxygen atoms in total. The third kappa shape index (κ3) is 14.6. The molecule has 0 spiro atoms. The summed E-state index contributed by atoms with van der Waals surface area (Å²) in [6, 6.07) is 0. The number of aliphatic imine (C=N–C) groups is 1. The number of guanidine groups is 1. The Balaban J connectivity index is 0. The number of carbonyl (C=O) groups is 1. The number of hydrogen-bond acceptors (Lipinski definition) is 3. The molecular weight excluding hydrogens is 419 g/mol. The van der Waals surface area contributed by atoms with E-state index >= 15 is 0 Å². The zero-order valence-corrected chi connectivity index (χ0v) is 18.2. The van der Waals surface area contributed by atoms with Gasteiger partial charge in [0.1, 0.15) is 5.60 Å². The van der Waals surface area contributed by atoms with Crippen molar-refractivity contribution in [3.05, 3.63) is 12.7 Å². The number of rotatable bonds is 9. The lowest BCUT2D eigenvalue weighted by molar-refractivity contribution is 0.0529. The molecule has 0 aromatic heterocycles. The number of ether oxygens (including phenoxy) is 1. The number of halogens is 1. The molecule has 1 amide bonds. The van der Waals surface area contributed by atoms with Gasteiger partial charge in [0.05, 0.1) is 0 Å². The fraction of sp³-hybridized carbons (Fsp3) is 0.765. The van der Waals surface area contributed by atoms with E-state index in [4.69, 9.17) is 4.74 Å². The average Bonchev–Trinajstić information content (AvgIpc) is 2.45. The van der Waals surface area contributed by atoms with Gasteiger partial charge in [-0.15, -0.1) is 30.6 Å². The molecule has 0 saturated carbocycles. The largest absolute Gasteiger partial charge is 0.444 e. The minimum atomic E-state index is -0.473. The Morgan fingerprint density at radius 2 is 1.83 bits per heavy atom. The molecule has 142 valence electrons. The number of alkyl carbamates (subject to hydrolysis) is 1. The first-order valence-corrected chi connectivity index (χ1v) is 8.29. The van der Waals surface area contributed by atoms with E-state index in [9.17, 15) is 4.79 Å². The maximum Gasteiger partial charge on any atom is 0.407 e.